The van der Waals surface area contributed by atoms with Crippen molar-refractivity contribution in [3.05, 3.63) is 48.2 Å². The second kappa shape index (κ2) is 7.21. The molecule has 1 atom stereocenters. The molecule has 1 aromatic heterocycles. The molecule has 2 aromatic rings. The molecule has 4 N–H and O–H groups in total. The maximum Gasteiger partial charge on any atom is 0.413 e. The van der Waals surface area contributed by atoms with E-state index in [9.17, 15) is 4.79 Å². The fraction of sp³-hybridized carbons (Fsp3) is 0.333. The van der Waals surface area contributed by atoms with Crippen molar-refractivity contribution in [3.63, 3.8) is 0 Å². The van der Waals surface area contributed by atoms with Crippen LogP contribution in [0.2, 0.25) is 0 Å². The van der Waals surface area contributed by atoms with E-state index in [0.717, 1.165) is 5.56 Å². The molecule has 0 aliphatic heterocycles. The van der Waals surface area contributed by atoms with Gasteiger partial charge in [-0.25, -0.2) is 9.78 Å². The zero-order valence-electron chi connectivity index (χ0n) is 14.5. The van der Waals surface area contributed by atoms with Gasteiger partial charge in [0.2, 0.25) is 0 Å². The normalized spacial score (nSPS) is 12.3. The molecule has 1 unspecified atom stereocenters. The first-order valence-corrected chi connectivity index (χ1v) is 7.81. The Morgan fingerprint density at radius 2 is 1.92 bits per heavy atom. The number of nitrogens with one attached hydrogen (secondary N) is 2. The van der Waals surface area contributed by atoms with Crippen molar-refractivity contribution in [2.45, 2.75) is 39.3 Å². The molecule has 1 heterocycles. The number of carbonyl (C=O) groups is 1. The predicted octanol–water partition coefficient (Wildman–Crippen LogP) is 4.18. The fourth-order valence-corrected chi connectivity index (χ4v) is 2.13. The number of amides is 1. The summed E-state index contributed by atoms with van der Waals surface area (Å²) >= 11 is 0. The molecule has 0 aliphatic rings. The Morgan fingerprint density at radius 3 is 2.54 bits per heavy atom. The molecule has 1 aromatic carbocycles. The third kappa shape index (κ3) is 5.15. The second-order valence-electron chi connectivity index (χ2n) is 6.56. The number of nitrogens with two attached hydrogens (primary N) is 1. The van der Waals surface area contributed by atoms with E-state index >= 15 is 0 Å². The first-order chi connectivity index (χ1) is 11.2. The SMILES string of the molecule is CC(Nc1cc(NC(=O)OC(C)(C)C)ncc1N)c1ccccc1. The first-order valence-electron chi connectivity index (χ1n) is 7.81. The number of benzene rings is 1. The maximum atomic E-state index is 11.8. The Balaban J connectivity index is 2.10. The zero-order valence-corrected chi connectivity index (χ0v) is 14.5. The van der Waals surface area contributed by atoms with Crippen LogP contribution in [-0.4, -0.2) is 16.7 Å². The highest BCUT2D eigenvalue weighted by molar-refractivity contribution is 5.85. The lowest BCUT2D eigenvalue weighted by Crippen LogP contribution is -2.27. The van der Waals surface area contributed by atoms with E-state index in [4.69, 9.17) is 10.5 Å². The van der Waals surface area contributed by atoms with Gasteiger partial charge in [0, 0.05) is 12.1 Å². The van der Waals surface area contributed by atoms with E-state index in [2.05, 4.69) is 15.6 Å². The van der Waals surface area contributed by atoms with Gasteiger partial charge in [0.05, 0.1) is 17.6 Å². The fourth-order valence-electron chi connectivity index (χ4n) is 2.13. The van der Waals surface area contributed by atoms with Gasteiger partial charge in [-0.1, -0.05) is 30.3 Å². The third-order valence-electron chi connectivity index (χ3n) is 3.24. The number of hydrogen-bond acceptors (Lipinski definition) is 5. The van der Waals surface area contributed by atoms with Gasteiger partial charge in [-0.05, 0) is 33.3 Å². The molecule has 0 saturated carbocycles. The van der Waals surface area contributed by atoms with Crippen LogP contribution in [0.25, 0.3) is 0 Å². The minimum atomic E-state index is -0.569. The van der Waals surface area contributed by atoms with Crippen molar-refractivity contribution in [1.29, 1.82) is 0 Å². The highest BCUT2D eigenvalue weighted by Gasteiger charge is 2.17. The lowest BCUT2D eigenvalue weighted by molar-refractivity contribution is 0.0635. The van der Waals surface area contributed by atoms with Crippen LogP contribution in [-0.2, 0) is 4.74 Å². The molecule has 1 amide bonds. The van der Waals surface area contributed by atoms with Crippen molar-refractivity contribution in [2.24, 2.45) is 0 Å². The molecule has 2 rings (SSSR count). The van der Waals surface area contributed by atoms with Gasteiger partial charge in [0.15, 0.2) is 0 Å². The summed E-state index contributed by atoms with van der Waals surface area (Å²) in [7, 11) is 0. The summed E-state index contributed by atoms with van der Waals surface area (Å²) in [5.41, 5.74) is 7.75. The molecule has 6 heteroatoms. The summed E-state index contributed by atoms with van der Waals surface area (Å²) in [6.45, 7) is 7.45. The van der Waals surface area contributed by atoms with Crippen LogP contribution in [0.4, 0.5) is 22.0 Å². The van der Waals surface area contributed by atoms with E-state index in [-0.39, 0.29) is 6.04 Å². The summed E-state index contributed by atoms with van der Waals surface area (Å²) in [6.07, 6.45) is 0.953. The Labute approximate surface area is 142 Å². The average Bonchev–Trinajstić information content (AvgIpc) is 2.49. The van der Waals surface area contributed by atoms with Gasteiger partial charge in [-0.2, -0.15) is 0 Å². The van der Waals surface area contributed by atoms with Gasteiger partial charge in [0.1, 0.15) is 11.4 Å². The van der Waals surface area contributed by atoms with E-state index in [1.54, 1.807) is 26.8 Å². The molecule has 0 bridgehead atoms. The van der Waals surface area contributed by atoms with Gasteiger partial charge < -0.3 is 15.8 Å². The summed E-state index contributed by atoms with van der Waals surface area (Å²) in [4.78, 5) is 16.0. The molecule has 0 saturated heterocycles. The predicted molar refractivity (Wildman–Crippen MR) is 97.0 cm³/mol. The minimum Gasteiger partial charge on any atom is -0.444 e. The molecule has 0 radical (unpaired) electrons. The third-order valence-corrected chi connectivity index (χ3v) is 3.24. The van der Waals surface area contributed by atoms with Crippen molar-refractivity contribution in [2.75, 3.05) is 16.4 Å². The molecule has 0 fully saturated rings. The molecular formula is C18H24N4O2. The van der Waals surface area contributed by atoms with Crippen LogP contribution >= 0.6 is 0 Å². The Morgan fingerprint density at radius 1 is 1.25 bits per heavy atom. The number of anilines is 3. The Hall–Kier alpha value is -2.76. The number of ether oxygens (including phenoxy) is 1. The van der Waals surface area contributed by atoms with E-state index in [1.807, 2.05) is 37.3 Å². The van der Waals surface area contributed by atoms with E-state index < -0.39 is 11.7 Å². The molecule has 24 heavy (non-hydrogen) atoms. The largest absolute Gasteiger partial charge is 0.444 e. The quantitative estimate of drug-likeness (QED) is 0.783. The second-order valence-corrected chi connectivity index (χ2v) is 6.56. The average molecular weight is 328 g/mol. The van der Waals surface area contributed by atoms with Crippen LogP contribution in [0.3, 0.4) is 0 Å². The number of pyridine rings is 1. The number of rotatable bonds is 4. The molecule has 128 valence electrons. The van der Waals surface area contributed by atoms with Crippen molar-refractivity contribution >= 4 is 23.3 Å². The van der Waals surface area contributed by atoms with Crippen LogP contribution < -0.4 is 16.4 Å². The number of nitrogens with zero attached hydrogens (tertiary/aromatic N) is 1. The summed E-state index contributed by atoms with van der Waals surface area (Å²) in [6, 6.07) is 11.8. The highest BCUT2D eigenvalue weighted by Crippen LogP contribution is 2.26. The van der Waals surface area contributed by atoms with Gasteiger partial charge in [-0.3, -0.25) is 5.32 Å². The zero-order chi connectivity index (χ0) is 17.7. The minimum absolute atomic E-state index is 0.0604. The van der Waals surface area contributed by atoms with Crippen molar-refractivity contribution < 1.29 is 9.53 Å². The van der Waals surface area contributed by atoms with E-state index in [1.165, 1.54) is 6.20 Å². The summed E-state index contributed by atoms with van der Waals surface area (Å²) < 4.78 is 5.22. The van der Waals surface area contributed by atoms with Crippen molar-refractivity contribution in [3.8, 4) is 0 Å². The van der Waals surface area contributed by atoms with Gasteiger partial charge in [-0.15, -0.1) is 0 Å². The summed E-state index contributed by atoms with van der Waals surface area (Å²) in [5.74, 6) is 0.376. The standard InChI is InChI=1S/C18H24N4O2/c1-12(13-8-6-5-7-9-13)21-15-10-16(20-11-14(15)19)22-17(23)24-18(2,3)4/h5-12H,19H2,1-4H3,(H2,20,21,22,23). The van der Waals surface area contributed by atoms with E-state index in [0.29, 0.717) is 17.2 Å². The number of hydrogen-bond donors (Lipinski definition) is 3. The lowest BCUT2D eigenvalue weighted by atomic mass is 10.1. The Kier molecular flexibility index (Phi) is 5.28. The van der Waals surface area contributed by atoms with Crippen molar-refractivity contribution in [1.82, 2.24) is 4.98 Å². The van der Waals surface area contributed by atoms with Gasteiger partial charge in [0.25, 0.3) is 0 Å². The summed E-state index contributed by atoms with van der Waals surface area (Å²) in [5, 5.41) is 5.94. The van der Waals surface area contributed by atoms with Crippen LogP contribution in [0, 0.1) is 0 Å². The monoisotopic (exact) mass is 328 g/mol. The maximum absolute atomic E-state index is 11.8. The number of carbonyl (C=O) groups excluding carboxylic acids is 1. The lowest BCUT2D eigenvalue weighted by Gasteiger charge is -2.20. The number of nitrogen functional groups attached to an aromatic ring is 1. The van der Waals surface area contributed by atoms with Crippen LogP contribution in [0.5, 0.6) is 0 Å². The van der Waals surface area contributed by atoms with Crippen LogP contribution in [0.1, 0.15) is 39.3 Å². The topological polar surface area (TPSA) is 89.3 Å². The first kappa shape index (κ1) is 17.6. The smallest absolute Gasteiger partial charge is 0.413 e. The number of aromatic nitrogens is 1. The molecular weight excluding hydrogens is 304 g/mol. The molecule has 0 spiro atoms. The highest BCUT2D eigenvalue weighted by atomic mass is 16.6. The molecule has 6 nitrogen and oxygen atoms in total. The Bertz CT molecular complexity index is 696. The van der Waals surface area contributed by atoms with Crippen LogP contribution in [0.15, 0.2) is 42.6 Å². The van der Waals surface area contributed by atoms with Gasteiger partial charge >= 0.3 is 6.09 Å². The molecule has 0 aliphatic carbocycles.